The molecule has 5 saturated carbocycles. The third-order valence-corrected chi connectivity index (χ3v) is 16.2. The smallest absolute Gasteiger partial charge is 0.372 e. The molecule has 10 atom stereocenters. The molecular formula is C45H64N2O3+2. The van der Waals surface area contributed by atoms with E-state index in [4.69, 9.17) is 9.47 Å². The molecule has 5 aliphatic rings. The second-order valence-corrected chi connectivity index (χ2v) is 18.8. The molecule has 0 aromatic carbocycles. The Kier molecular flexibility index (Phi) is 9.16. The Morgan fingerprint density at radius 2 is 1.38 bits per heavy atom. The number of hydrogen-bond acceptors (Lipinski definition) is 3. The van der Waals surface area contributed by atoms with Gasteiger partial charge in [-0.25, -0.2) is 4.79 Å². The van der Waals surface area contributed by atoms with Crippen molar-refractivity contribution >= 4 is 5.97 Å². The molecule has 2 heterocycles. The number of esters is 1. The van der Waals surface area contributed by atoms with Crippen LogP contribution in [0.2, 0.25) is 0 Å². The van der Waals surface area contributed by atoms with E-state index < -0.39 is 0 Å². The number of allylic oxidation sites excluding steroid dienone is 2. The lowest BCUT2D eigenvalue weighted by molar-refractivity contribution is -0.691. The van der Waals surface area contributed by atoms with Gasteiger partial charge in [0.2, 0.25) is 13.1 Å². The van der Waals surface area contributed by atoms with Crippen molar-refractivity contribution in [1.82, 2.24) is 0 Å². The number of fused-ring (bicyclic) bond motifs is 7. The lowest BCUT2D eigenvalue weighted by Crippen LogP contribution is -2.67. The van der Waals surface area contributed by atoms with E-state index in [1.807, 2.05) is 35.2 Å². The number of carbonyl (C=O) groups is 1. The lowest BCUT2D eigenvalue weighted by atomic mass is 9.32. The molecule has 0 N–H and O–H groups in total. The summed E-state index contributed by atoms with van der Waals surface area (Å²) in [6.45, 7) is 25.9. The average molecular weight is 681 g/mol. The van der Waals surface area contributed by atoms with Crippen molar-refractivity contribution in [3.8, 4) is 0 Å². The van der Waals surface area contributed by atoms with Crippen LogP contribution in [0.5, 0.6) is 0 Å². The highest BCUT2D eigenvalue weighted by molar-refractivity contribution is 5.68. The van der Waals surface area contributed by atoms with Crippen molar-refractivity contribution in [3.63, 3.8) is 0 Å². The molecule has 2 aromatic heterocycles. The van der Waals surface area contributed by atoms with Gasteiger partial charge in [-0.1, -0.05) is 65.5 Å². The summed E-state index contributed by atoms with van der Waals surface area (Å²) in [6.07, 6.45) is 20.3. The Bertz CT molecular complexity index is 1590. The van der Waals surface area contributed by atoms with Gasteiger partial charge < -0.3 is 9.47 Å². The van der Waals surface area contributed by atoms with Gasteiger partial charge in [0.15, 0.2) is 30.5 Å². The Labute approximate surface area is 302 Å². The van der Waals surface area contributed by atoms with E-state index in [1.54, 1.807) is 0 Å². The summed E-state index contributed by atoms with van der Waals surface area (Å²) >= 11 is 0. The zero-order chi connectivity index (χ0) is 35.5. The Morgan fingerprint density at radius 3 is 2.04 bits per heavy atom. The monoisotopic (exact) mass is 680 g/mol. The van der Waals surface area contributed by atoms with Crippen LogP contribution in [-0.4, -0.2) is 18.7 Å². The summed E-state index contributed by atoms with van der Waals surface area (Å²) in [5.41, 5.74) is 2.34. The van der Waals surface area contributed by atoms with Crippen molar-refractivity contribution < 1.29 is 23.4 Å². The van der Waals surface area contributed by atoms with Gasteiger partial charge in [0.25, 0.3) is 0 Å². The molecule has 50 heavy (non-hydrogen) atoms. The van der Waals surface area contributed by atoms with Crippen LogP contribution >= 0.6 is 0 Å². The van der Waals surface area contributed by atoms with Crippen LogP contribution in [0.1, 0.15) is 106 Å². The van der Waals surface area contributed by atoms with E-state index in [-0.39, 0.29) is 45.7 Å². The maximum absolute atomic E-state index is 13.2. The average Bonchev–Trinajstić information content (AvgIpc) is 3.47. The molecule has 0 saturated heterocycles. The fourth-order valence-electron chi connectivity index (χ4n) is 13.6. The van der Waals surface area contributed by atoms with E-state index in [9.17, 15) is 4.79 Å². The van der Waals surface area contributed by atoms with Crippen LogP contribution in [0, 0.1) is 56.7 Å². The van der Waals surface area contributed by atoms with Crippen molar-refractivity contribution in [2.45, 2.75) is 125 Å². The number of carbonyl (C=O) groups excluding carboxylic acids is 1. The van der Waals surface area contributed by atoms with Crippen molar-refractivity contribution in [2.75, 3.05) is 6.61 Å². The van der Waals surface area contributed by atoms with Gasteiger partial charge in [-0.2, -0.15) is 9.13 Å². The summed E-state index contributed by atoms with van der Waals surface area (Å²) in [6, 6.07) is 12.1. The van der Waals surface area contributed by atoms with Crippen molar-refractivity contribution in [2.24, 2.45) is 56.7 Å². The van der Waals surface area contributed by atoms with Gasteiger partial charge in [0.05, 0.1) is 6.61 Å². The van der Waals surface area contributed by atoms with Crippen LogP contribution in [0.3, 0.4) is 0 Å². The van der Waals surface area contributed by atoms with E-state index >= 15 is 0 Å². The molecule has 0 spiro atoms. The van der Waals surface area contributed by atoms with Crippen LogP contribution < -0.4 is 9.13 Å². The summed E-state index contributed by atoms with van der Waals surface area (Å²) in [5.74, 6) is 3.86. The summed E-state index contributed by atoms with van der Waals surface area (Å²) in [4.78, 5) is 13.2. The standard InChI is InChI=1S/C45H64N2O3/c1-32(2)34-17-22-45(31-49-33(3)29-46-25-11-9-12-26-46)24-23-43(7)35(40(34)45)15-16-37-42(6)20-19-38(41(4,5)36(42)18-21-44(37,43)8)50-39(48)30-47-27-13-10-14-28-47/h9-14,25-28,34-38,40H,1,3,15-24,29-31H2,2,4-8H3/q+2/t34?,35?,36?,37?,38-,40?,42-,43+,44+,45+/m0/s1. The third-order valence-electron chi connectivity index (χ3n) is 16.2. The van der Waals surface area contributed by atoms with Gasteiger partial charge in [-0.05, 0) is 117 Å². The largest absolute Gasteiger partial charge is 0.491 e. The fraction of sp³-hybridized carbons (Fsp3) is 0.667. The first-order valence-electron chi connectivity index (χ1n) is 19.8. The maximum atomic E-state index is 13.2. The van der Waals surface area contributed by atoms with E-state index in [0.29, 0.717) is 36.1 Å². The number of aromatic nitrogens is 2. The number of pyridine rings is 2. The number of ether oxygens (including phenoxy) is 2. The second-order valence-electron chi connectivity index (χ2n) is 18.8. The highest BCUT2D eigenvalue weighted by Crippen LogP contribution is 2.77. The molecule has 0 bridgehead atoms. The molecule has 270 valence electrons. The minimum atomic E-state index is -0.114. The van der Waals surface area contributed by atoms with Crippen molar-refractivity contribution in [1.29, 1.82) is 0 Å². The number of nitrogens with zero attached hydrogens (tertiary/aromatic N) is 2. The normalized spacial score (nSPS) is 40.0. The molecule has 5 nitrogen and oxygen atoms in total. The third kappa shape index (κ3) is 5.68. The molecule has 0 aliphatic heterocycles. The molecule has 5 unspecified atom stereocenters. The van der Waals surface area contributed by atoms with Crippen LogP contribution in [0.25, 0.3) is 0 Å². The highest BCUT2D eigenvalue weighted by Gasteiger charge is 2.71. The molecule has 7 rings (SSSR count). The molecule has 2 aromatic rings. The van der Waals surface area contributed by atoms with E-state index in [2.05, 4.69) is 89.9 Å². The predicted molar refractivity (Wildman–Crippen MR) is 197 cm³/mol. The van der Waals surface area contributed by atoms with Crippen LogP contribution in [0.15, 0.2) is 85.7 Å². The number of hydrogen-bond donors (Lipinski definition) is 0. The summed E-state index contributed by atoms with van der Waals surface area (Å²) in [7, 11) is 0. The summed E-state index contributed by atoms with van der Waals surface area (Å²) < 4.78 is 17.1. The van der Waals surface area contributed by atoms with Crippen LogP contribution in [-0.2, 0) is 27.4 Å². The Balaban J connectivity index is 1.10. The molecule has 0 radical (unpaired) electrons. The molecule has 5 fully saturated rings. The highest BCUT2D eigenvalue weighted by atomic mass is 16.5. The lowest BCUT2D eigenvalue weighted by Gasteiger charge is -2.73. The molecular weight excluding hydrogens is 617 g/mol. The van der Waals surface area contributed by atoms with E-state index in [1.165, 1.54) is 56.9 Å². The first-order chi connectivity index (χ1) is 23.7. The zero-order valence-electron chi connectivity index (χ0n) is 32.0. The van der Waals surface area contributed by atoms with Crippen LogP contribution in [0.4, 0.5) is 0 Å². The van der Waals surface area contributed by atoms with Gasteiger partial charge in [0, 0.05) is 35.1 Å². The second kappa shape index (κ2) is 12.9. The van der Waals surface area contributed by atoms with Gasteiger partial charge in [0.1, 0.15) is 6.10 Å². The Morgan fingerprint density at radius 1 is 0.720 bits per heavy atom. The minimum Gasteiger partial charge on any atom is -0.491 e. The van der Waals surface area contributed by atoms with E-state index in [0.717, 1.165) is 25.2 Å². The quantitative estimate of drug-likeness (QED) is 0.115. The SMILES string of the molecule is C=C(C[n+]1ccccc1)OC[C@]12CCC(C(=C)C)C1C1CCC3[C@@]4(C)CC[C@H](OC(=O)C[n+]5ccccc5)C(C)(C)C4CC[C@@]3(C)[C@]1(C)CC2. The van der Waals surface area contributed by atoms with Gasteiger partial charge >= 0.3 is 5.97 Å². The fourth-order valence-corrected chi connectivity index (χ4v) is 13.6. The minimum absolute atomic E-state index is 0.0335. The topological polar surface area (TPSA) is 43.3 Å². The zero-order valence-corrected chi connectivity index (χ0v) is 32.0. The first-order valence-corrected chi connectivity index (χ1v) is 19.8. The molecule has 5 aliphatic carbocycles. The summed E-state index contributed by atoms with van der Waals surface area (Å²) in [5, 5.41) is 0. The van der Waals surface area contributed by atoms with Crippen molar-refractivity contribution in [3.05, 3.63) is 85.7 Å². The van der Waals surface area contributed by atoms with Gasteiger partial charge in [-0.15, -0.1) is 0 Å². The molecule has 0 amide bonds. The predicted octanol–water partition coefficient (Wildman–Crippen LogP) is 9.06. The van der Waals surface area contributed by atoms with Gasteiger partial charge in [-0.3, -0.25) is 0 Å². The molecule has 5 heteroatoms. The first kappa shape index (κ1) is 35.5. The Hall–Kier alpha value is -2.95. The maximum Gasteiger partial charge on any atom is 0.372 e. The number of rotatable bonds is 9.